The van der Waals surface area contributed by atoms with Crippen molar-refractivity contribution in [2.45, 2.75) is 32.9 Å². The molecule has 0 amide bonds. The van der Waals surface area contributed by atoms with Crippen molar-refractivity contribution in [1.82, 2.24) is 9.88 Å². The molecule has 0 aliphatic carbocycles. The van der Waals surface area contributed by atoms with Crippen molar-refractivity contribution in [3.8, 4) is 0 Å². The summed E-state index contributed by atoms with van der Waals surface area (Å²) in [7, 11) is 0. The molecule has 0 spiro atoms. The normalized spacial score (nSPS) is 12.0. The van der Waals surface area contributed by atoms with Gasteiger partial charge in [0.1, 0.15) is 0 Å². The van der Waals surface area contributed by atoms with Gasteiger partial charge in [0, 0.05) is 22.9 Å². The summed E-state index contributed by atoms with van der Waals surface area (Å²) in [5.41, 5.74) is 1.88. The van der Waals surface area contributed by atoms with E-state index in [0.29, 0.717) is 10.1 Å². The summed E-state index contributed by atoms with van der Waals surface area (Å²) in [5, 5.41) is 4.60. The maximum absolute atomic E-state index is 6.02. The van der Waals surface area contributed by atoms with Gasteiger partial charge >= 0.3 is 0 Å². The molecule has 0 radical (unpaired) electrons. The van der Waals surface area contributed by atoms with E-state index in [0.717, 1.165) is 11.4 Å². The van der Waals surface area contributed by atoms with Crippen LogP contribution in [-0.4, -0.2) is 21.0 Å². The van der Waals surface area contributed by atoms with E-state index >= 15 is 0 Å². The number of pyridine rings is 1. The van der Waals surface area contributed by atoms with Crippen LogP contribution in [-0.2, 0) is 0 Å². The molecule has 2 aromatic rings. The van der Waals surface area contributed by atoms with Crippen molar-refractivity contribution < 1.29 is 0 Å². The van der Waals surface area contributed by atoms with Crippen LogP contribution in [0.25, 0.3) is 0 Å². The molecule has 1 heterocycles. The first kappa shape index (κ1) is 16.7. The monoisotopic (exact) mass is 333 g/mol. The van der Waals surface area contributed by atoms with E-state index in [1.807, 2.05) is 42.5 Å². The van der Waals surface area contributed by atoms with Gasteiger partial charge in [0.05, 0.1) is 11.7 Å². The average Bonchev–Trinajstić information content (AvgIpc) is 2.47. The van der Waals surface area contributed by atoms with Crippen LogP contribution >= 0.6 is 23.8 Å². The van der Waals surface area contributed by atoms with Gasteiger partial charge in [-0.15, -0.1) is 0 Å². The van der Waals surface area contributed by atoms with Crippen LogP contribution in [0.2, 0.25) is 5.02 Å². The number of anilines is 1. The lowest BCUT2D eigenvalue weighted by Crippen LogP contribution is -2.41. The fourth-order valence-corrected chi connectivity index (χ4v) is 3.05. The molecule has 0 unspecified atom stereocenters. The Kier molecular flexibility index (Phi) is 5.75. The maximum Gasteiger partial charge on any atom is 0.174 e. The summed E-state index contributed by atoms with van der Waals surface area (Å²) >= 11 is 11.6. The van der Waals surface area contributed by atoms with E-state index < -0.39 is 0 Å². The molecule has 0 saturated carbocycles. The first-order valence-corrected chi connectivity index (χ1v) is 8.03. The van der Waals surface area contributed by atoms with Crippen LogP contribution in [0.15, 0.2) is 48.7 Å². The number of nitrogens with one attached hydrogen (secondary N) is 1. The number of benzene rings is 1. The van der Waals surface area contributed by atoms with Gasteiger partial charge in [0.15, 0.2) is 5.11 Å². The second-order valence-corrected chi connectivity index (χ2v) is 6.20. The van der Waals surface area contributed by atoms with Crippen molar-refractivity contribution in [3.05, 3.63) is 59.4 Å². The zero-order valence-corrected chi connectivity index (χ0v) is 14.5. The summed E-state index contributed by atoms with van der Waals surface area (Å²) in [5.74, 6) is 0. The smallest absolute Gasteiger partial charge is 0.174 e. The lowest BCUT2D eigenvalue weighted by molar-refractivity contribution is 0.280. The number of rotatable bonds is 4. The molecular formula is C17H20ClN3S. The minimum atomic E-state index is 0.0837. The molecule has 22 heavy (non-hydrogen) atoms. The van der Waals surface area contributed by atoms with Crippen LogP contribution in [0.3, 0.4) is 0 Å². The lowest BCUT2D eigenvalue weighted by atomic mass is 10.1. The van der Waals surface area contributed by atoms with Crippen LogP contribution in [0.5, 0.6) is 0 Å². The minimum absolute atomic E-state index is 0.0837. The van der Waals surface area contributed by atoms with Gasteiger partial charge in [-0.2, -0.15) is 0 Å². The largest absolute Gasteiger partial charge is 0.338 e. The van der Waals surface area contributed by atoms with E-state index in [2.05, 4.69) is 36.0 Å². The molecule has 1 aromatic carbocycles. The predicted molar refractivity (Wildman–Crippen MR) is 97.3 cm³/mol. The zero-order chi connectivity index (χ0) is 16.1. The molecule has 0 aliphatic rings. The Morgan fingerprint density at radius 1 is 1.18 bits per heavy atom. The molecule has 2 rings (SSSR count). The molecule has 116 valence electrons. The maximum atomic E-state index is 6.02. The minimum Gasteiger partial charge on any atom is -0.338 e. The Morgan fingerprint density at radius 2 is 1.95 bits per heavy atom. The molecule has 0 fully saturated rings. The fraction of sp³-hybridized carbons (Fsp3) is 0.294. The summed E-state index contributed by atoms with van der Waals surface area (Å²) in [6.07, 6.45) is 1.80. The van der Waals surface area contributed by atoms with Crippen molar-refractivity contribution in [1.29, 1.82) is 0 Å². The molecule has 0 aliphatic heterocycles. The van der Waals surface area contributed by atoms with Gasteiger partial charge in [-0.05, 0) is 63.3 Å². The second-order valence-electron chi connectivity index (χ2n) is 5.37. The molecule has 1 aromatic heterocycles. The van der Waals surface area contributed by atoms with Gasteiger partial charge in [-0.1, -0.05) is 23.7 Å². The third-order valence-electron chi connectivity index (χ3n) is 3.40. The Bertz CT molecular complexity index is 631. The van der Waals surface area contributed by atoms with E-state index in [1.165, 1.54) is 0 Å². The van der Waals surface area contributed by atoms with Crippen LogP contribution in [0, 0.1) is 0 Å². The topological polar surface area (TPSA) is 28.2 Å². The Balaban J connectivity index is 2.19. The summed E-state index contributed by atoms with van der Waals surface area (Å²) in [4.78, 5) is 6.57. The van der Waals surface area contributed by atoms with E-state index in [9.17, 15) is 0 Å². The highest BCUT2D eigenvalue weighted by Gasteiger charge is 2.22. The number of nitrogens with zero attached hydrogens (tertiary/aromatic N) is 2. The third kappa shape index (κ3) is 4.18. The number of thiocarbonyl (C=S) groups is 1. The standard InChI is InChI=1S/C17H20ClN3S/c1-12(2)21(13(3)16-9-4-5-10-19-16)17(22)20-15-8-6-7-14(18)11-15/h4-13H,1-3H3,(H,20,22)/t13-/m0/s1. The summed E-state index contributed by atoms with van der Waals surface area (Å²) in [6, 6.07) is 13.8. The zero-order valence-electron chi connectivity index (χ0n) is 13.0. The fourth-order valence-electron chi connectivity index (χ4n) is 2.38. The number of halogens is 1. The second kappa shape index (κ2) is 7.56. The van der Waals surface area contributed by atoms with E-state index in [-0.39, 0.29) is 12.1 Å². The van der Waals surface area contributed by atoms with E-state index in [4.69, 9.17) is 23.8 Å². The number of hydrogen-bond donors (Lipinski definition) is 1. The van der Waals surface area contributed by atoms with Gasteiger partial charge < -0.3 is 10.2 Å². The summed E-state index contributed by atoms with van der Waals surface area (Å²) in [6.45, 7) is 6.34. The first-order valence-electron chi connectivity index (χ1n) is 7.25. The molecule has 0 saturated heterocycles. The lowest BCUT2D eigenvalue weighted by Gasteiger charge is -2.35. The van der Waals surface area contributed by atoms with Gasteiger partial charge in [0.25, 0.3) is 0 Å². The first-order chi connectivity index (χ1) is 10.5. The van der Waals surface area contributed by atoms with Gasteiger partial charge in [-0.3, -0.25) is 4.98 Å². The number of aromatic nitrogens is 1. The Morgan fingerprint density at radius 3 is 2.55 bits per heavy atom. The van der Waals surface area contributed by atoms with Crippen LogP contribution in [0.1, 0.15) is 32.5 Å². The quantitative estimate of drug-likeness (QED) is 0.805. The predicted octanol–water partition coefficient (Wildman–Crippen LogP) is 4.90. The average molecular weight is 334 g/mol. The Hall–Kier alpha value is -1.65. The van der Waals surface area contributed by atoms with Gasteiger partial charge in [-0.25, -0.2) is 0 Å². The van der Waals surface area contributed by atoms with Crippen molar-refractivity contribution in [2.24, 2.45) is 0 Å². The molecule has 0 bridgehead atoms. The van der Waals surface area contributed by atoms with Crippen molar-refractivity contribution >= 4 is 34.6 Å². The highest BCUT2D eigenvalue weighted by atomic mass is 35.5. The van der Waals surface area contributed by atoms with Crippen LogP contribution in [0.4, 0.5) is 5.69 Å². The summed E-state index contributed by atoms with van der Waals surface area (Å²) < 4.78 is 0. The van der Waals surface area contributed by atoms with Crippen molar-refractivity contribution in [3.63, 3.8) is 0 Å². The SMILES string of the molecule is CC(C)N(C(=S)Nc1cccc(Cl)c1)[C@@H](C)c1ccccn1. The Labute approximate surface area is 142 Å². The molecule has 3 nitrogen and oxygen atoms in total. The highest BCUT2D eigenvalue weighted by molar-refractivity contribution is 7.80. The highest BCUT2D eigenvalue weighted by Crippen LogP contribution is 2.23. The van der Waals surface area contributed by atoms with Gasteiger partial charge in [0.2, 0.25) is 0 Å². The van der Waals surface area contributed by atoms with Crippen LogP contribution < -0.4 is 5.32 Å². The van der Waals surface area contributed by atoms with E-state index in [1.54, 1.807) is 6.20 Å². The molecule has 1 atom stereocenters. The molecule has 5 heteroatoms. The molecular weight excluding hydrogens is 314 g/mol. The van der Waals surface area contributed by atoms with Crippen molar-refractivity contribution in [2.75, 3.05) is 5.32 Å². The third-order valence-corrected chi connectivity index (χ3v) is 3.95. The number of hydrogen-bond acceptors (Lipinski definition) is 2. The molecule has 1 N–H and O–H groups in total.